The molecular weight excluding hydrogens is 405 g/mol. The fraction of sp³-hybridized carbons (Fsp3) is 0.0556. The highest BCUT2D eigenvalue weighted by molar-refractivity contribution is 9.10. The van der Waals surface area contributed by atoms with E-state index in [0.29, 0.717) is 15.8 Å². The highest BCUT2D eigenvalue weighted by Crippen LogP contribution is 2.27. The SMILES string of the molecule is N#C/C(=C/c1ccc(OCc2ccc(F)cc2)c(Br)c1)C(=O)NC(N)=O. The molecule has 6 nitrogen and oxygen atoms in total. The number of nitrogens with one attached hydrogen (secondary N) is 1. The zero-order valence-corrected chi connectivity index (χ0v) is 14.9. The minimum Gasteiger partial charge on any atom is -0.488 e. The van der Waals surface area contributed by atoms with E-state index < -0.39 is 11.9 Å². The number of urea groups is 1. The van der Waals surface area contributed by atoms with Crippen LogP contribution in [-0.2, 0) is 11.4 Å². The number of nitriles is 1. The first-order valence-electron chi connectivity index (χ1n) is 7.28. The molecule has 0 atom stereocenters. The van der Waals surface area contributed by atoms with Crippen LogP contribution >= 0.6 is 15.9 Å². The normalized spacial score (nSPS) is 10.7. The Balaban J connectivity index is 2.11. The predicted molar refractivity (Wildman–Crippen MR) is 96.2 cm³/mol. The average molecular weight is 418 g/mol. The molecule has 0 aliphatic rings. The molecule has 2 aromatic rings. The summed E-state index contributed by atoms with van der Waals surface area (Å²) in [5, 5.41) is 10.9. The summed E-state index contributed by atoms with van der Waals surface area (Å²) < 4.78 is 19.1. The Morgan fingerprint density at radius 1 is 1.27 bits per heavy atom. The van der Waals surface area contributed by atoms with Crippen molar-refractivity contribution >= 4 is 33.9 Å². The van der Waals surface area contributed by atoms with Gasteiger partial charge in [0.15, 0.2) is 0 Å². The van der Waals surface area contributed by atoms with Gasteiger partial charge in [0.05, 0.1) is 4.47 Å². The van der Waals surface area contributed by atoms with Gasteiger partial charge in [-0.05, 0) is 57.4 Å². The first kappa shape index (κ1) is 19.1. The summed E-state index contributed by atoms with van der Waals surface area (Å²) in [5.41, 5.74) is 5.94. The lowest BCUT2D eigenvalue weighted by Crippen LogP contribution is -2.35. The van der Waals surface area contributed by atoms with E-state index in [2.05, 4.69) is 15.9 Å². The van der Waals surface area contributed by atoms with Gasteiger partial charge in [0, 0.05) is 0 Å². The predicted octanol–water partition coefficient (Wildman–Crippen LogP) is 3.27. The van der Waals surface area contributed by atoms with E-state index in [0.717, 1.165) is 5.56 Å². The Kier molecular flexibility index (Phi) is 6.47. The summed E-state index contributed by atoms with van der Waals surface area (Å²) in [6, 6.07) is 11.5. The number of hydrogen-bond acceptors (Lipinski definition) is 4. The van der Waals surface area contributed by atoms with Crippen molar-refractivity contribution in [2.24, 2.45) is 5.73 Å². The van der Waals surface area contributed by atoms with Gasteiger partial charge >= 0.3 is 6.03 Å². The summed E-state index contributed by atoms with van der Waals surface area (Å²) in [6.07, 6.45) is 1.31. The third-order valence-electron chi connectivity index (χ3n) is 3.18. The van der Waals surface area contributed by atoms with E-state index in [9.17, 15) is 14.0 Å². The van der Waals surface area contributed by atoms with Gasteiger partial charge in [0.25, 0.3) is 5.91 Å². The monoisotopic (exact) mass is 417 g/mol. The average Bonchev–Trinajstić information content (AvgIpc) is 2.59. The van der Waals surface area contributed by atoms with Crippen molar-refractivity contribution in [3.8, 4) is 11.8 Å². The highest BCUT2D eigenvalue weighted by atomic mass is 79.9. The lowest BCUT2D eigenvalue weighted by Gasteiger charge is -2.09. The van der Waals surface area contributed by atoms with Crippen LogP contribution in [0.3, 0.4) is 0 Å². The lowest BCUT2D eigenvalue weighted by atomic mass is 10.1. The number of rotatable bonds is 5. The standard InChI is InChI=1S/C18H13BrFN3O3/c19-15-8-12(7-13(9-21)17(24)23-18(22)25)3-6-16(15)26-10-11-1-4-14(20)5-2-11/h1-8H,10H2,(H3,22,23,24,25)/b13-7-. The number of amides is 3. The Morgan fingerprint density at radius 3 is 2.54 bits per heavy atom. The van der Waals surface area contributed by atoms with Crippen LogP contribution in [0.2, 0.25) is 0 Å². The van der Waals surface area contributed by atoms with Gasteiger partial charge in [0.2, 0.25) is 0 Å². The topological polar surface area (TPSA) is 105 Å². The second kappa shape index (κ2) is 8.78. The van der Waals surface area contributed by atoms with Crippen LogP contribution in [0.1, 0.15) is 11.1 Å². The summed E-state index contributed by atoms with van der Waals surface area (Å²) in [6.45, 7) is 0.249. The van der Waals surface area contributed by atoms with E-state index in [4.69, 9.17) is 15.7 Å². The zero-order valence-electron chi connectivity index (χ0n) is 13.3. The summed E-state index contributed by atoms with van der Waals surface area (Å²) >= 11 is 3.35. The third kappa shape index (κ3) is 5.43. The fourth-order valence-corrected chi connectivity index (χ4v) is 2.47. The van der Waals surface area contributed by atoms with Gasteiger partial charge < -0.3 is 10.5 Å². The molecule has 132 valence electrons. The number of imide groups is 1. The zero-order chi connectivity index (χ0) is 19.1. The highest BCUT2D eigenvalue weighted by Gasteiger charge is 2.11. The number of carbonyl (C=O) groups is 2. The third-order valence-corrected chi connectivity index (χ3v) is 3.80. The second-order valence-electron chi connectivity index (χ2n) is 5.09. The van der Waals surface area contributed by atoms with Crippen LogP contribution in [0.25, 0.3) is 6.08 Å². The van der Waals surface area contributed by atoms with Crippen LogP contribution in [0.15, 0.2) is 52.5 Å². The second-order valence-corrected chi connectivity index (χ2v) is 5.95. The lowest BCUT2D eigenvalue weighted by molar-refractivity contribution is -0.115. The van der Waals surface area contributed by atoms with Crippen molar-refractivity contribution in [3.05, 3.63) is 69.5 Å². The largest absolute Gasteiger partial charge is 0.488 e. The number of hydrogen-bond donors (Lipinski definition) is 2. The van der Waals surface area contributed by atoms with Crippen molar-refractivity contribution in [3.63, 3.8) is 0 Å². The molecule has 3 amide bonds. The molecule has 0 unspecified atom stereocenters. The van der Waals surface area contributed by atoms with Crippen molar-refractivity contribution in [2.45, 2.75) is 6.61 Å². The van der Waals surface area contributed by atoms with E-state index in [1.807, 2.05) is 5.32 Å². The maximum atomic E-state index is 12.9. The van der Waals surface area contributed by atoms with Crippen molar-refractivity contribution < 1.29 is 18.7 Å². The minimum atomic E-state index is -1.04. The smallest absolute Gasteiger partial charge is 0.319 e. The molecular formula is C18H13BrFN3O3. The molecule has 0 heterocycles. The van der Waals surface area contributed by atoms with E-state index >= 15 is 0 Å². The summed E-state index contributed by atoms with van der Waals surface area (Å²) in [5.74, 6) is -0.668. The molecule has 0 saturated heterocycles. The Morgan fingerprint density at radius 2 is 1.96 bits per heavy atom. The molecule has 3 N–H and O–H groups in total. The van der Waals surface area contributed by atoms with Crippen molar-refractivity contribution in [2.75, 3.05) is 0 Å². The molecule has 0 aliphatic carbocycles. The number of primary amides is 1. The number of benzene rings is 2. The van der Waals surface area contributed by atoms with Crippen molar-refractivity contribution in [1.29, 1.82) is 5.26 Å². The molecule has 26 heavy (non-hydrogen) atoms. The molecule has 0 aliphatic heterocycles. The van der Waals surface area contributed by atoms with Gasteiger partial charge in [-0.15, -0.1) is 0 Å². The first-order valence-corrected chi connectivity index (χ1v) is 8.07. The molecule has 2 aromatic carbocycles. The number of nitrogens with zero attached hydrogens (tertiary/aromatic N) is 1. The van der Waals surface area contributed by atoms with Crippen LogP contribution in [0, 0.1) is 17.1 Å². The van der Waals surface area contributed by atoms with E-state index in [-0.39, 0.29) is 18.0 Å². The van der Waals surface area contributed by atoms with Crippen LogP contribution in [0.5, 0.6) is 5.75 Å². The van der Waals surface area contributed by atoms with Gasteiger partial charge in [-0.3, -0.25) is 10.1 Å². The molecule has 0 bridgehead atoms. The maximum Gasteiger partial charge on any atom is 0.319 e. The quantitative estimate of drug-likeness (QED) is 0.574. The summed E-state index contributed by atoms with van der Waals surface area (Å²) in [7, 11) is 0. The number of carbonyl (C=O) groups excluding carboxylic acids is 2. The molecule has 0 spiro atoms. The Bertz CT molecular complexity index is 905. The van der Waals surface area contributed by atoms with Crippen molar-refractivity contribution in [1.82, 2.24) is 5.32 Å². The van der Waals surface area contributed by atoms with Crippen LogP contribution in [0.4, 0.5) is 9.18 Å². The minimum absolute atomic E-state index is 0.249. The van der Waals surface area contributed by atoms with Gasteiger partial charge in [0.1, 0.15) is 29.8 Å². The van der Waals surface area contributed by atoms with Gasteiger partial charge in [-0.1, -0.05) is 18.2 Å². The molecule has 0 aromatic heterocycles. The van der Waals surface area contributed by atoms with Gasteiger partial charge in [-0.2, -0.15) is 5.26 Å². The van der Waals surface area contributed by atoms with E-state index in [1.165, 1.54) is 18.2 Å². The molecule has 0 saturated carbocycles. The maximum absolute atomic E-state index is 12.9. The number of halogens is 2. The van der Waals surface area contributed by atoms with Crippen LogP contribution < -0.4 is 15.8 Å². The molecule has 0 radical (unpaired) electrons. The number of nitrogens with two attached hydrogens (primary N) is 1. The van der Waals surface area contributed by atoms with Crippen LogP contribution in [-0.4, -0.2) is 11.9 Å². The van der Waals surface area contributed by atoms with E-state index in [1.54, 1.807) is 36.4 Å². The Hall–Kier alpha value is -3.18. The Labute approximate surface area is 157 Å². The molecule has 0 fully saturated rings. The molecule has 2 rings (SSSR count). The summed E-state index contributed by atoms with van der Waals surface area (Å²) in [4.78, 5) is 22.4. The number of ether oxygens (including phenoxy) is 1. The molecule has 8 heteroatoms. The first-order chi connectivity index (χ1) is 12.4. The van der Waals surface area contributed by atoms with Gasteiger partial charge in [-0.25, -0.2) is 9.18 Å². The fourth-order valence-electron chi connectivity index (χ4n) is 1.96.